The molecule has 0 aliphatic rings. The van der Waals surface area contributed by atoms with Crippen molar-refractivity contribution in [1.82, 2.24) is 4.90 Å². The van der Waals surface area contributed by atoms with Crippen molar-refractivity contribution in [2.45, 2.75) is 59.3 Å². The van der Waals surface area contributed by atoms with Crippen LogP contribution in [0.2, 0.25) is 0 Å². The second-order valence-electron chi connectivity index (χ2n) is 5.22. The first-order valence-electron chi connectivity index (χ1n) is 6.19. The van der Waals surface area contributed by atoms with E-state index in [9.17, 15) is 0 Å². The summed E-state index contributed by atoms with van der Waals surface area (Å²) in [5, 5.41) is 0. The van der Waals surface area contributed by atoms with Crippen molar-refractivity contribution in [2.75, 3.05) is 20.6 Å². The Hall–Kier alpha value is -0.0400. The Kier molecular flexibility index (Phi) is 7.26. The molecule has 0 aromatic carbocycles. The van der Waals surface area contributed by atoms with Crippen molar-refractivity contribution in [2.24, 2.45) is 5.41 Å². The van der Waals surface area contributed by atoms with Gasteiger partial charge in [0.25, 0.3) is 0 Å². The van der Waals surface area contributed by atoms with Crippen molar-refractivity contribution < 1.29 is 0 Å². The minimum atomic E-state index is 0.592. The van der Waals surface area contributed by atoms with Crippen molar-refractivity contribution in [3.05, 3.63) is 0 Å². The van der Waals surface area contributed by atoms with Gasteiger partial charge in [0.2, 0.25) is 0 Å². The number of unbranched alkanes of at least 4 members (excludes halogenated alkanes) is 1. The molecule has 0 bridgehead atoms. The van der Waals surface area contributed by atoms with Gasteiger partial charge in [-0.05, 0) is 45.3 Å². The van der Waals surface area contributed by atoms with E-state index in [2.05, 4.69) is 39.8 Å². The lowest BCUT2D eigenvalue weighted by atomic mass is 9.78. The van der Waals surface area contributed by atoms with Gasteiger partial charge in [-0.15, -0.1) is 0 Å². The quantitative estimate of drug-likeness (QED) is 0.572. The summed E-state index contributed by atoms with van der Waals surface area (Å²) in [5.74, 6) is 0. The average Bonchev–Trinajstić information content (AvgIpc) is 2.13. The summed E-state index contributed by atoms with van der Waals surface area (Å²) < 4.78 is 0. The summed E-state index contributed by atoms with van der Waals surface area (Å²) in [6, 6.07) is 0. The zero-order chi connectivity index (χ0) is 11.0. The van der Waals surface area contributed by atoms with E-state index in [0.29, 0.717) is 5.41 Å². The van der Waals surface area contributed by atoms with Crippen molar-refractivity contribution in [3.63, 3.8) is 0 Å². The SMILES string of the molecule is CCCCC(C)(CCC)CCN(C)C. The van der Waals surface area contributed by atoms with Crippen LogP contribution in [0.15, 0.2) is 0 Å². The van der Waals surface area contributed by atoms with Crippen LogP contribution in [0.1, 0.15) is 59.3 Å². The molecule has 0 aromatic heterocycles. The highest BCUT2D eigenvalue weighted by atomic mass is 15.0. The van der Waals surface area contributed by atoms with Gasteiger partial charge in [0.05, 0.1) is 0 Å². The van der Waals surface area contributed by atoms with Crippen LogP contribution in [0.3, 0.4) is 0 Å². The molecule has 0 fully saturated rings. The summed E-state index contributed by atoms with van der Waals surface area (Å²) in [7, 11) is 4.35. The third-order valence-electron chi connectivity index (χ3n) is 3.15. The van der Waals surface area contributed by atoms with Crippen LogP contribution in [0.4, 0.5) is 0 Å². The lowest BCUT2D eigenvalue weighted by Crippen LogP contribution is -2.24. The fraction of sp³-hybridized carbons (Fsp3) is 1.00. The highest BCUT2D eigenvalue weighted by Gasteiger charge is 2.22. The summed E-state index contributed by atoms with van der Waals surface area (Å²) >= 11 is 0. The van der Waals surface area contributed by atoms with Gasteiger partial charge in [0, 0.05) is 0 Å². The maximum Gasteiger partial charge on any atom is -0.00196 e. The number of hydrogen-bond donors (Lipinski definition) is 0. The molecule has 0 aromatic rings. The molecule has 0 saturated carbocycles. The van der Waals surface area contributed by atoms with Gasteiger partial charge >= 0.3 is 0 Å². The highest BCUT2D eigenvalue weighted by Crippen LogP contribution is 2.33. The number of rotatable bonds is 8. The Morgan fingerprint density at radius 2 is 1.57 bits per heavy atom. The van der Waals surface area contributed by atoms with Gasteiger partial charge in [-0.1, -0.05) is 40.0 Å². The zero-order valence-electron chi connectivity index (χ0n) is 10.9. The fourth-order valence-corrected chi connectivity index (χ4v) is 2.08. The molecule has 0 radical (unpaired) electrons. The summed E-state index contributed by atoms with van der Waals surface area (Å²) in [4.78, 5) is 2.31. The van der Waals surface area contributed by atoms with E-state index in [1.807, 2.05) is 0 Å². The van der Waals surface area contributed by atoms with E-state index < -0.39 is 0 Å². The van der Waals surface area contributed by atoms with Crippen LogP contribution in [-0.4, -0.2) is 25.5 Å². The number of hydrogen-bond acceptors (Lipinski definition) is 1. The highest BCUT2D eigenvalue weighted by molar-refractivity contribution is 4.74. The van der Waals surface area contributed by atoms with E-state index in [4.69, 9.17) is 0 Å². The Labute approximate surface area is 90.9 Å². The third-order valence-corrected chi connectivity index (χ3v) is 3.15. The van der Waals surface area contributed by atoms with Crippen molar-refractivity contribution in [3.8, 4) is 0 Å². The minimum absolute atomic E-state index is 0.592. The van der Waals surface area contributed by atoms with Crippen LogP contribution >= 0.6 is 0 Å². The van der Waals surface area contributed by atoms with Crippen LogP contribution < -0.4 is 0 Å². The topological polar surface area (TPSA) is 3.24 Å². The zero-order valence-corrected chi connectivity index (χ0v) is 10.9. The Balaban J connectivity index is 3.95. The lowest BCUT2D eigenvalue weighted by molar-refractivity contribution is 0.209. The molecule has 1 atom stereocenters. The molecular weight excluding hydrogens is 170 g/mol. The van der Waals surface area contributed by atoms with Gasteiger partial charge in [0.15, 0.2) is 0 Å². The summed E-state index contributed by atoms with van der Waals surface area (Å²) in [6.07, 6.45) is 8.21. The summed E-state index contributed by atoms with van der Waals surface area (Å²) in [6.45, 7) is 8.30. The molecule has 1 nitrogen and oxygen atoms in total. The Bertz CT molecular complexity index is 131. The molecule has 0 heterocycles. The molecule has 0 aliphatic heterocycles. The Morgan fingerprint density at radius 1 is 0.929 bits per heavy atom. The van der Waals surface area contributed by atoms with Crippen molar-refractivity contribution in [1.29, 1.82) is 0 Å². The molecule has 0 spiro atoms. The van der Waals surface area contributed by atoms with E-state index in [0.717, 1.165) is 0 Å². The third kappa shape index (κ3) is 6.42. The second-order valence-corrected chi connectivity index (χ2v) is 5.22. The molecule has 0 rings (SSSR count). The Morgan fingerprint density at radius 3 is 2.00 bits per heavy atom. The standard InChI is InChI=1S/C13H29N/c1-6-8-10-13(3,9-7-2)11-12-14(4)5/h6-12H2,1-5H3. The molecule has 0 N–H and O–H groups in total. The number of nitrogens with zero attached hydrogens (tertiary/aromatic N) is 1. The van der Waals surface area contributed by atoms with E-state index in [1.165, 1.54) is 45.1 Å². The molecular formula is C13H29N. The van der Waals surface area contributed by atoms with Gasteiger partial charge in [0.1, 0.15) is 0 Å². The maximum absolute atomic E-state index is 2.47. The molecule has 0 amide bonds. The van der Waals surface area contributed by atoms with Gasteiger partial charge < -0.3 is 4.90 Å². The van der Waals surface area contributed by atoms with Crippen LogP contribution in [0.25, 0.3) is 0 Å². The first-order valence-corrected chi connectivity index (χ1v) is 6.19. The van der Waals surface area contributed by atoms with E-state index >= 15 is 0 Å². The molecule has 1 heteroatoms. The van der Waals surface area contributed by atoms with Gasteiger partial charge in [-0.25, -0.2) is 0 Å². The van der Waals surface area contributed by atoms with E-state index in [1.54, 1.807) is 0 Å². The van der Waals surface area contributed by atoms with Gasteiger partial charge in [-0.3, -0.25) is 0 Å². The smallest absolute Gasteiger partial charge is 0.00196 e. The average molecular weight is 199 g/mol. The maximum atomic E-state index is 2.47. The molecule has 1 unspecified atom stereocenters. The van der Waals surface area contributed by atoms with E-state index in [-0.39, 0.29) is 0 Å². The van der Waals surface area contributed by atoms with Gasteiger partial charge in [-0.2, -0.15) is 0 Å². The van der Waals surface area contributed by atoms with Crippen LogP contribution in [-0.2, 0) is 0 Å². The molecule has 0 aliphatic carbocycles. The van der Waals surface area contributed by atoms with Crippen molar-refractivity contribution >= 4 is 0 Å². The summed E-state index contributed by atoms with van der Waals surface area (Å²) in [5.41, 5.74) is 0.592. The minimum Gasteiger partial charge on any atom is -0.309 e. The monoisotopic (exact) mass is 199 g/mol. The molecule has 0 saturated heterocycles. The predicted molar refractivity (Wildman–Crippen MR) is 65.7 cm³/mol. The lowest BCUT2D eigenvalue weighted by Gasteiger charge is -2.30. The predicted octanol–water partition coefficient (Wildman–Crippen LogP) is 3.93. The second kappa shape index (κ2) is 7.28. The normalized spacial score (nSPS) is 15.9. The molecule has 14 heavy (non-hydrogen) atoms. The van der Waals surface area contributed by atoms with Crippen LogP contribution in [0, 0.1) is 5.41 Å². The first kappa shape index (κ1) is 14.0. The molecule has 86 valence electrons. The first-order chi connectivity index (χ1) is 6.54. The fourth-order valence-electron chi connectivity index (χ4n) is 2.08. The van der Waals surface area contributed by atoms with Crippen LogP contribution in [0.5, 0.6) is 0 Å². The largest absolute Gasteiger partial charge is 0.309 e.